The van der Waals surface area contributed by atoms with E-state index in [1.54, 1.807) is 49.4 Å². The summed E-state index contributed by atoms with van der Waals surface area (Å²) in [4.78, 5) is 25.6. The van der Waals surface area contributed by atoms with Gasteiger partial charge in [-0.3, -0.25) is 9.59 Å². The largest absolute Gasteiger partial charge is 0.497 e. The number of sulfonamides is 1. The van der Waals surface area contributed by atoms with E-state index in [-0.39, 0.29) is 35.7 Å². The number of nitrogens with one attached hydrogen (secondary N) is 2. The van der Waals surface area contributed by atoms with Gasteiger partial charge in [-0.2, -0.15) is 4.31 Å². The first-order chi connectivity index (χ1) is 16.1. The highest BCUT2D eigenvalue weighted by Gasteiger charge is 2.33. The molecule has 3 rings (SSSR count). The van der Waals surface area contributed by atoms with Gasteiger partial charge in [0.25, 0.3) is 0 Å². The third-order valence-corrected chi connectivity index (χ3v) is 7.77. The summed E-state index contributed by atoms with van der Waals surface area (Å²) >= 11 is 0. The quantitative estimate of drug-likeness (QED) is 0.589. The van der Waals surface area contributed by atoms with Gasteiger partial charge >= 0.3 is 0 Å². The van der Waals surface area contributed by atoms with Crippen LogP contribution in [0.15, 0.2) is 47.4 Å². The summed E-state index contributed by atoms with van der Waals surface area (Å²) in [5, 5.41) is 5.48. The Morgan fingerprint density at radius 3 is 2.09 bits per heavy atom. The lowest BCUT2D eigenvalue weighted by Crippen LogP contribution is -2.47. The van der Waals surface area contributed by atoms with Gasteiger partial charge in [-0.25, -0.2) is 8.42 Å². The molecule has 1 aliphatic rings. The molecule has 0 saturated carbocycles. The van der Waals surface area contributed by atoms with E-state index >= 15 is 0 Å². The molecule has 0 aliphatic carbocycles. The number of hydrogen-bond donors (Lipinski definition) is 2. The fraction of sp³-hybridized carbons (Fsp3) is 0.417. The van der Waals surface area contributed by atoms with E-state index in [2.05, 4.69) is 10.6 Å². The van der Waals surface area contributed by atoms with Gasteiger partial charge in [0, 0.05) is 42.9 Å². The highest BCUT2D eigenvalue weighted by Crippen LogP contribution is 2.26. The first-order valence-electron chi connectivity index (χ1n) is 11.0. The van der Waals surface area contributed by atoms with Crippen molar-refractivity contribution in [2.75, 3.05) is 32.6 Å². The maximum absolute atomic E-state index is 12.9. The zero-order valence-electron chi connectivity index (χ0n) is 19.8. The highest BCUT2D eigenvalue weighted by molar-refractivity contribution is 7.89. The molecule has 1 atom stereocenters. The van der Waals surface area contributed by atoms with Crippen LogP contribution in [0.3, 0.4) is 0 Å². The van der Waals surface area contributed by atoms with Gasteiger partial charge in [-0.15, -0.1) is 0 Å². The van der Waals surface area contributed by atoms with E-state index in [1.165, 1.54) is 18.5 Å². The summed E-state index contributed by atoms with van der Waals surface area (Å²) in [7, 11) is -0.565. The molecule has 0 radical (unpaired) electrons. The number of hydrogen-bond acceptors (Lipinski definition) is 6. The fourth-order valence-corrected chi connectivity index (χ4v) is 5.21. The SMILES string of the molecule is COc1cc(NC(=O)C(C)NC(=O)C2CCN(S(=O)(=O)c3ccc(C)cc3)CC2)cc(OC)c1. The average Bonchev–Trinajstić information content (AvgIpc) is 2.83. The second-order valence-corrected chi connectivity index (χ2v) is 10.3. The van der Waals surface area contributed by atoms with Crippen LogP contribution in [0.4, 0.5) is 5.69 Å². The topological polar surface area (TPSA) is 114 Å². The van der Waals surface area contributed by atoms with Crippen molar-refractivity contribution in [2.24, 2.45) is 5.92 Å². The first-order valence-corrected chi connectivity index (χ1v) is 12.5. The molecule has 1 fully saturated rings. The predicted octanol–water partition coefficient (Wildman–Crippen LogP) is 2.56. The number of benzene rings is 2. The Morgan fingerprint density at radius 1 is 1.00 bits per heavy atom. The minimum atomic E-state index is -3.59. The molecule has 1 aliphatic heterocycles. The van der Waals surface area contributed by atoms with Crippen LogP contribution in [0.2, 0.25) is 0 Å². The molecule has 184 valence electrons. The number of amides is 2. The second-order valence-electron chi connectivity index (χ2n) is 8.31. The third-order valence-electron chi connectivity index (χ3n) is 5.85. The maximum atomic E-state index is 12.9. The zero-order chi connectivity index (χ0) is 24.9. The van der Waals surface area contributed by atoms with E-state index in [4.69, 9.17) is 9.47 Å². The number of piperidine rings is 1. The fourth-order valence-electron chi connectivity index (χ4n) is 3.74. The second kappa shape index (κ2) is 10.9. The molecule has 2 aromatic rings. The summed E-state index contributed by atoms with van der Waals surface area (Å²) in [6.07, 6.45) is 0.774. The first kappa shape index (κ1) is 25.5. The zero-order valence-corrected chi connectivity index (χ0v) is 20.6. The van der Waals surface area contributed by atoms with Gasteiger partial charge in [0.15, 0.2) is 0 Å². The number of carbonyl (C=O) groups excluding carboxylic acids is 2. The molecule has 0 bridgehead atoms. The smallest absolute Gasteiger partial charge is 0.246 e. The lowest BCUT2D eigenvalue weighted by atomic mass is 9.97. The van der Waals surface area contributed by atoms with Crippen molar-refractivity contribution in [3.63, 3.8) is 0 Å². The Morgan fingerprint density at radius 2 is 1.56 bits per heavy atom. The Balaban J connectivity index is 1.54. The molecule has 2 aromatic carbocycles. The number of ether oxygens (including phenoxy) is 2. The minimum absolute atomic E-state index is 0.248. The van der Waals surface area contributed by atoms with Crippen LogP contribution in [0.5, 0.6) is 11.5 Å². The number of rotatable bonds is 8. The molecule has 1 saturated heterocycles. The molecule has 9 nitrogen and oxygen atoms in total. The van der Waals surface area contributed by atoms with E-state index in [9.17, 15) is 18.0 Å². The average molecular weight is 490 g/mol. The van der Waals surface area contributed by atoms with Gasteiger partial charge in [-0.05, 0) is 38.8 Å². The van der Waals surface area contributed by atoms with Crippen molar-refractivity contribution >= 4 is 27.5 Å². The standard InChI is InChI=1S/C24H31N3O6S/c1-16-5-7-22(8-6-16)34(30,31)27-11-9-18(10-12-27)24(29)25-17(2)23(28)26-19-13-20(32-3)15-21(14-19)33-4/h5-8,13-15,17-18H,9-12H2,1-4H3,(H,25,29)(H,26,28). The van der Waals surface area contributed by atoms with Crippen molar-refractivity contribution in [1.29, 1.82) is 0 Å². The molecule has 10 heteroatoms. The monoisotopic (exact) mass is 489 g/mol. The van der Waals surface area contributed by atoms with E-state index in [0.717, 1.165) is 5.56 Å². The molecule has 2 N–H and O–H groups in total. The van der Waals surface area contributed by atoms with E-state index in [1.807, 2.05) is 6.92 Å². The Hall–Kier alpha value is -3.11. The summed E-state index contributed by atoms with van der Waals surface area (Å²) in [5.74, 6) is 0.0373. The van der Waals surface area contributed by atoms with E-state index < -0.39 is 16.1 Å². The van der Waals surface area contributed by atoms with Crippen LogP contribution in [-0.4, -0.2) is 57.9 Å². The lowest BCUT2D eigenvalue weighted by molar-refractivity contribution is -0.129. The molecule has 0 spiro atoms. The molecule has 1 heterocycles. The Bertz CT molecular complexity index is 1100. The molecular formula is C24H31N3O6S. The lowest BCUT2D eigenvalue weighted by Gasteiger charge is -2.31. The van der Waals surface area contributed by atoms with Crippen molar-refractivity contribution in [3.05, 3.63) is 48.0 Å². The van der Waals surface area contributed by atoms with Gasteiger partial charge in [-0.1, -0.05) is 17.7 Å². The number of carbonyl (C=O) groups is 2. The highest BCUT2D eigenvalue weighted by atomic mass is 32.2. The predicted molar refractivity (Wildman–Crippen MR) is 128 cm³/mol. The van der Waals surface area contributed by atoms with Crippen LogP contribution < -0.4 is 20.1 Å². The van der Waals surface area contributed by atoms with Crippen molar-refractivity contribution < 1.29 is 27.5 Å². The molecule has 0 aromatic heterocycles. The number of nitrogens with zero attached hydrogens (tertiary/aromatic N) is 1. The van der Waals surface area contributed by atoms with Crippen LogP contribution in [0, 0.1) is 12.8 Å². The normalized spacial score (nSPS) is 15.9. The van der Waals surface area contributed by atoms with Crippen molar-refractivity contribution in [3.8, 4) is 11.5 Å². The molecule has 34 heavy (non-hydrogen) atoms. The number of aryl methyl sites for hydroxylation is 1. The maximum Gasteiger partial charge on any atom is 0.246 e. The van der Waals surface area contributed by atoms with Gasteiger partial charge in [0.05, 0.1) is 19.1 Å². The van der Waals surface area contributed by atoms with Crippen LogP contribution >= 0.6 is 0 Å². The number of anilines is 1. The Kier molecular flexibility index (Phi) is 8.16. The summed E-state index contributed by atoms with van der Waals surface area (Å²) in [6, 6.07) is 10.9. The molecule has 1 unspecified atom stereocenters. The van der Waals surface area contributed by atoms with Crippen molar-refractivity contribution in [1.82, 2.24) is 9.62 Å². The van der Waals surface area contributed by atoms with Crippen LogP contribution in [0.25, 0.3) is 0 Å². The summed E-state index contributed by atoms with van der Waals surface area (Å²) < 4.78 is 37.5. The molecular weight excluding hydrogens is 458 g/mol. The van der Waals surface area contributed by atoms with Crippen LogP contribution in [0.1, 0.15) is 25.3 Å². The van der Waals surface area contributed by atoms with Gasteiger partial charge in [0.2, 0.25) is 21.8 Å². The van der Waals surface area contributed by atoms with Gasteiger partial charge < -0.3 is 20.1 Å². The van der Waals surface area contributed by atoms with E-state index in [0.29, 0.717) is 30.0 Å². The minimum Gasteiger partial charge on any atom is -0.497 e. The third kappa shape index (κ3) is 6.06. The van der Waals surface area contributed by atoms with Crippen LogP contribution in [-0.2, 0) is 19.6 Å². The number of methoxy groups -OCH3 is 2. The summed E-state index contributed by atoms with van der Waals surface area (Å²) in [5.41, 5.74) is 1.47. The molecule has 2 amide bonds. The van der Waals surface area contributed by atoms with Gasteiger partial charge in [0.1, 0.15) is 17.5 Å². The van der Waals surface area contributed by atoms with Crippen molar-refractivity contribution in [2.45, 2.75) is 37.6 Å². The Labute approximate surface area is 200 Å². The summed E-state index contributed by atoms with van der Waals surface area (Å²) in [6.45, 7) is 3.99.